The molecule has 2 aromatic carbocycles. The molecule has 2 N–H and O–H groups in total. The van der Waals surface area contributed by atoms with Crippen molar-refractivity contribution in [3.63, 3.8) is 0 Å². The Morgan fingerprint density at radius 1 is 1.00 bits per heavy atom. The lowest BCUT2D eigenvalue weighted by molar-refractivity contribution is 0.306. The topological polar surface area (TPSA) is 35.2 Å². The van der Waals surface area contributed by atoms with Crippen LogP contribution >= 0.6 is 0 Å². The summed E-state index contributed by atoms with van der Waals surface area (Å²) in [5.74, 6) is 0.927. The molecular formula is C17H21NO. The maximum atomic E-state index is 5.84. The summed E-state index contributed by atoms with van der Waals surface area (Å²) in [6.45, 7) is 3.44. The molecule has 0 aliphatic carbocycles. The number of nitrogens with two attached hydrogens (primary N) is 1. The normalized spacial score (nSPS) is 10.4. The second kappa shape index (κ2) is 6.95. The fraction of sp³-hybridized carbons (Fsp3) is 0.294. The first kappa shape index (κ1) is 13.6. The minimum Gasteiger partial charge on any atom is -0.489 e. The van der Waals surface area contributed by atoms with Gasteiger partial charge in [0, 0.05) is 0 Å². The zero-order chi connectivity index (χ0) is 13.5. The highest BCUT2D eigenvalue weighted by molar-refractivity contribution is 5.29. The van der Waals surface area contributed by atoms with Gasteiger partial charge in [-0.05, 0) is 49.6 Å². The van der Waals surface area contributed by atoms with Gasteiger partial charge in [-0.25, -0.2) is 0 Å². The molecule has 0 aliphatic rings. The monoisotopic (exact) mass is 255 g/mol. The van der Waals surface area contributed by atoms with Crippen LogP contribution in [0.1, 0.15) is 23.1 Å². The quantitative estimate of drug-likeness (QED) is 0.858. The average molecular weight is 255 g/mol. The largest absolute Gasteiger partial charge is 0.489 e. The lowest BCUT2D eigenvalue weighted by Crippen LogP contribution is -2.01. The average Bonchev–Trinajstić information content (AvgIpc) is 2.43. The third-order valence-electron chi connectivity index (χ3n) is 3.06. The molecule has 2 aromatic rings. The summed E-state index contributed by atoms with van der Waals surface area (Å²) in [4.78, 5) is 0. The Labute approximate surface area is 115 Å². The first-order valence-corrected chi connectivity index (χ1v) is 6.75. The molecule has 0 unspecified atom stereocenters. The molecule has 0 atom stereocenters. The van der Waals surface area contributed by atoms with Crippen LogP contribution in [0.4, 0.5) is 0 Å². The van der Waals surface area contributed by atoms with Gasteiger partial charge in [-0.3, -0.25) is 0 Å². The summed E-state index contributed by atoms with van der Waals surface area (Å²) >= 11 is 0. The predicted molar refractivity (Wildman–Crippen MR) is 79.3 cm³/mol. The summed E-state index contributed by atoms with van der Waals surface area (Å²) in [7, 11) is 0. The van der Waals surface area contributed by atoms with E-state index in [1.807, 2.05) is 12.1 Å². The van der Waals surface area contributed by atoms with Crippen molar-refractivity contribution in [2.24, 2.45) is 5.73 Å². The lowest BCUT2D eigenvalue weighted by Gasteiger charge is -2.08. The molecule has 19 heavy (non-hydrogen) atoms. The maximum Gasteiger partial charge on any atom is 0.120 e. The van der Waals surface area contributed by atoms with Crippen molar-refractivity contribution >= 4 is 0 Å². The van der Waals surface area contributed by atoms with E-state index in [9.17, 15) is 0 Å². The van der Waals surface area contributed by atoms with Crippen molar-refractivity contribution in [2.75, 3.05) is 6.54 Å². The molecule has 0 amide bonds. The zero-order valence-corrected chi connectivity index (χ0v) is 11.4. The Balaban J connectivity index is 1.95. The van der Waals surface area contributed by atoms with Gasteiger partial charge in [0.05, 0.1) is 0 Å². The van der Waals surface area contributed by atoms with Crippen molar-refractivity contribution in [1.29, 1.82) is 0 Å². The van der Waals surface area contributed by atoms with Crippen LogP contribution in [-0.2, 0) is 13.0 Å². The molecule has 0 aromatic heterocycles. The second-order valence-electron chi connectivity index (χ2n) is 4.82. The van der Waals surface area contributed by atoms with E-state index < -0.39 is 0 Å². The van der Waals surface area contributed by atoms with Crippen LogP contribution in [0.25, 0.3) is 0 Å². The van der Waals surface area contributed by atoms with Gasteiger partial charge < -0.3 is 10.5 Å². The van der Waals surface area contributed by atoms with Gasteiger partial charge in [-0.1, -0.05) is 42.0 Å². The summed E-state index contributed by atoms with van der Waals surface area (Å²) in [6.07, 6.45) is 2.03. The molecule has 0 heterocycles. The minimum atomic E-state index is 0.613. The second-order valence-corrected chi connectivity index (χ2v) is 4.82. The Bertz CT molecular complexity index is 522. The standard InChI is InChI=1S/C17H21NO/c1-14-5-2-7-16(11-14)13-19-17-9-3-6-15(12-17)8-4-10-18/h2-3,5-7,9,11-12H,4,8,10,13,18H2,1H3. The van der Waals surface area contributed by atoms with Crippen LogP contribution in [0.5, 0.6) is 5.75 Å². The number of rotatable bonds is 6. The highest BCUT2D eigenvalue weighted by Gasteiger charge is 1.99. The highest BCUT2D eigenvalue weighted by Crippen LogP contribution is 2.16. The van der Waals surface area contributed by atoms with E-state index in [-0.39, 0.29) is 0 Å². The fourth-order valence-electron chi connectivity index (χ4n) is 2.07. The summed E-state index contributed by atoms with van der Waals surface area (Å²) in [5, 5.41) is 0. The summed E-state index contributed by atoms with van der Waals surface area (Å²) in [5.41, 5.74) is 9.28. The first-order valence-electron chi connectivity index (χ1n) is 6.75. The Morgan fingerprint density at radius 2 is 1.79 bits per heavy atom. The Hall–Kier alpha value is -1.80. The lowest BCUT2D eigenvalue weighted by atomic mass is 10.1. The molecule has 2 nitrogen and oxygen atoms in total. The van der Waals surface area contributed by atoms with Gasteiger partial charge in [0.1, 0.15) is 12.4 Å². The molecule has 100 valence electrons. The van der Waals surface area contributed by atoms with E-state index in [4.69, 9.17) is 10.5 Å². The fourth-order valence-corrected chi connectivity index (χ4v) is 2.07. The van der Waals surface area contributed by atoms with E-state index in [2.05, 4.69) is 43.3 Å². The van der Waals surface area contributed by atoms with Crippen LogP contribution in [0.3, 0.4) is 0 Å². The van der Waals surface area contributed by atoms with Gasteiger partial charge in [-0.15, -0.1) is 0 Å². The van der Waals surface area contributed by atoms with E-state index in [0.29, 0.717) is 6.61 Å². The van der Waals surface area contributed by atoms with Crippen molar-refractivity contribution in [2.45, 2.75) is 26.4 Å². The van der Waals surface area contributed by atoms with Crippen LogP contribution in [0.15, 0.2) is 48.5 Å². The van der Waals surface area contributed by atoms with Gasteiger partial charge in [0.2, 0.25) is 0 Å². The van der Waals surface area contributed by atoms with Crippen molar-refractivity contribution in [3.8, 4) is 5.75 Å². The Morgan fingerprint density at radius 3 is 2.58 bits per heavy atom. The van der Waals surface area contributed by atoms with Crippen molar-refractivity contribution in [3.05, 3.63) is 65.2 Å². The van der Waals surface area contributed by atoms with Gasteiger partial charge in [0.25, 0.3) is 0 Å². The van der Waals surface area contributed by atoms with E-state index in [0.717, 1.165) is 25.1 Å². The third-order valence-corrected chi connectivity index (χ3v) is 3.06. The number of benzene rings is 2. The van der Waals surface area contributed by atoms with Crippen molar-refractivity contribution in [1.82, 2.24) is 0 Å². The summed E-state index contributed by atoms with van der Waals surface area (Å²) < 4.78 is 5.84. The molecule has 0 aliphatic heterocycles. The van der Waals surface area contributed by atoms with Crippen LogP contribution < -0.4 is 10.5 Å². The van der Waals surface area contributed by atoms with Gasteiger partial charge in [0.15, 0.2) is 0 Å². The zero-order valence-electron chi connectivity index (χ0n) is 11.4. The van der Waals surface area contributed by atoms with E-state index in [1.54, 1.807) is 0 Å². The number of hydrogen-bond acceptors (Lipinski definition) is 2. The SMILES string of the molecule is Cc1cccc(COc2cccc(CCCN)c2)c1. The van der Waals surface area contributed by atoms with E-state index >= 15 is 0 Å². The predicted octanol–water partition coefficient (Wildman–Crippen LogP) is 3.47. The highest BCUT2D eigenvalue weighted by atomic mass is 16.5. The Kier molecular flexibility index (Phi) is 4.99. The van der Waals surface area contributed by atoms with Crippen LogP contribution in [-0.4, -0.2) is 6.54 Å². The summed E-state index contributed by atoms with van der Waals surface area (Å²) in [6, 6.07) is 16.7. The molecule has 0 radical (unpaired) electrons. The van der Waals surface area contributed by atoms with Crippen LogP contribution in [0, 0.1) is 6.92 Å². The molecule has 0 bridgehead atoms. The molecular weight excluding hydrogens is 234 g/mol. The first-order chi connectivity index (χ1) is 9.28. The molecule has 0 fully saturated rings. The van der Waals surface area contributed by atoms with Crippen molar-refractivity contribution < 1.29 is 4.74 Å². The molecule has 0 saturated carbocycles. The smallest absolute Gasteiger partial charge is 0.120 e. The van der Waals surface area contributed by atoms with Crippen LogP contribution in [0.2, 0.25) is 0 Å². The van der Waals surface area contributed by atoms with E-state index in [1.165, 1.54) is 16.7 Å². The molecule has 2 heteroatoms. The number of aryl methyl sites for hydroxylation is 2. The van der Waals surface area contributed by atoms with Gasteiger partial charge >= 0.3 is 0 Å². The minimum absolute atomic E-state index is 0.613. The molecule has 2 rings (SSSR count). The maximum absolute atomic E-state index is 5.84. The van der Waals surface area contributed by atoms with Gasteiger partial charge in [-0.2, -0.15) is 0 Å². The third kappa shape index (κ3) is 4.42. The number of ether oxygens (including phenoxy) is 1. The molecule has 0 saturated heterocycles. The number of hydrogen-bond donors (Lipinski definition) is 1. The molecule has 0 spiro atoms.